The normalized spacial score (nSPS) is 10.6. The summed E-state index contributed by atoms with van der Waals surface area (Å²) >= 11 is 0. The number of aryl methyl sites for hydroxylation is 1. The molecular formula is C10H9NO3. The van der Waals surface area contributed by atoms with Crippen LogP contribution in [-0.2, 0) is 0 Å². The largest absolute Gasteiger partial charge is 0.506 e. The maximum absolute atomic E-state index is 11.0. The number of benzene rings is 1. The van der Waals surface area contributed by atoms with Crippen LogP contribution < -0.4 is 11.4 Å². The summed E-state index contributed by atoms with van der Waals surface area (Å²) in [5.41, 5.74) is 6.49. The van der Waals surface area contributed by atoms with E-state index in [4.69, 9.17) is 10.2 Å². The number of rotatable bonds is 0. The van der Waals surface area contributed by atoms with Gasteiger partial charge in [-0.05, 0) is 18.6 Å². The molecule has 0 aliphatic carbocycles. The highest BCUT2D eigenvalue weighted by atomic mass is 16.4. The van der Waals surface area contributed by atoms with E-state index in [2.05, 4.69) is 0 Å². The first-order valence-electron chi connectivity index (χ1n) is 4.11. The lowest BCUT2D eigenvalue weighted by Gasteiger charge is -2.03. The molecule has 0 atom stereocenters. The number of phenolic OH excluding ortho intramolecular Hbond substituents is 1. The minimum Gasteiger partial charge on any atom is -0.506 e. The Hall–Kier alpha value is -1.97. The molecule has 0 radical (unpaired) electrons. The van der Waals surface area contributed by atoms with Crippen molar-refractivity contribution in [2.24, 2.45) is 0 Å². The molecule has 2 aromatic rings. The van der Waals surface area contributed by atoms with E-state index in [1.54, 1.807) is 13.0 Å². The topological polar surface area (TPSA) is 76.5 Å². The molecule has 0 aliphatic heterocycles. The molecule has 2 rings (SSSR count). The summed E-state index contributed by atoms with van der Waals surface area (Å²) in [4.78, 5) is 11.0. The van der Waals surface area contributed by atoms with Crippen molar-refractivity contribution in [1.29, 1.82) is 0 Å². The first-order valence-corrected chi connectivity index (χ1v) is 4.11. The molecule has 0 saturated carbocycles. The van der Waals surface area contributed by atoms with Crippen molar-refractivity contribution in [3.8, 4) is 5.75 Å². The molecule has 1 heterocycles. The van der Waals surface area contributed by atoms with Crippen molar-refractivity contribution in [2.45, 2.75) is 6.92 Å². The van der Waals surface area contributed by atoms with Gasteiger partial charge >= 0.3 is 5.63 Å². The maximum Gasteiger partial charge on any atom is 0.336 e. The molecule has 0 fully saturated rings. The van der Waals surface area contributed by atoms with Gasteiger partial charge in [0.05, 0.1) is 5.69 Å². The molecule has 1 aromatic heterocycles. The van der Waals surface area contributed by atoms with Crippen LogP contribution in [0.25, 0.3) is 11.0 Å². The van der Waals surface area contributed by atoms with Gasteiger partial charge in [0.15, 0.2) is 0 Å². The summed E-state index contributed by atoms with van der Waals surface area (Å²) in [7, 11) is 0. The minimum absolute atomic E-state index is 0.0775. The lowest BCUT2D eigenvalue weighted by Crippen LogP contribution is -1.98. The van der Waals surface area contributed by atoms with Crippen molar-refractivity contribution < 1.29 is 9.52 Å². The van der Waals surface area contributed by atoms with Gasteiger partial charge in [-0.15, -0.1) is 0 Å². The van der Waals surface area contributed by atoms with Crippen LogP contribution in [0.3, 0.4) is 0 Å². The first kappa shape index (κ1) is 8.62. The molecule has 0 spiro atoms. The molecule has 0 saturated heterocycles. The van der Waals surface area contributed by atoms with E-state index < -0.39 is 5.63 Å². The van der Waals surface area contributed by atoms with Gasteiger partial charge in [-0.3, -0.25) is 0 Å². The number of anilines is 1. The van der Waals surface area contributed by atoms with Crippen LogP contribution in [0.4, 0.5) is 5.69 Å². The molecule has 4 heteroatoms. The number of nitrogen functional groups attached to an aromatic ring is 1. The summed E-state index contributed by atoms with van der Waals surface area (Å²) < 4.78 is 4.91. The van der Waals surface area contributed by atoms with E-state index in [0.29, 0.717) is 5.58 Å². The highest BCUT2D eigenvalue weighted by Crippen LogP contribution is 2.27. The Morgan fingerprint density at radius 2 is 2.07 bits per heavy atom. The van der Waals surface area contributed by atoms with Gasteiger partial charge in [0.25, 0.3) is 0 Å². The highest BCUT2D eigenvalue weighted by Gasteiger charge is 2.05. The molecule has 0 unspecified atom stereocenters. The number of hydrogen-bond acceptors (Lipinski definition) is 4. The van der Waals surface area contributed by atoms with E-state index in [1.807, 2.05) is 0 Å². The van der Waals surface area contributed by atoms with E-state index in [1.165, 1.54) is 12.1 Å². The van der Waals surface area contributed by atoms with Crippen molar-refractivity contribution >= 4 is 16.7 Å². The minimum atomic E-state index is -0.431. The van der Waals surface area contributed by atoms with Crippen molar-refractivity contribution in [3.63, 3.8) is 0 Å². The Balaban J connectivity index is 2.96. The number of aromatic hydroxyl groups is 1. The summed E-state index contributed by atoms with van der Waals surface area (Å²) in [5.74, 6) is -0.0775. The fraction of sp³-hybridized carbons (Fsp3) is 0.100. The third kappa shape index (κ3) is 1.21. The van der Waals surface area contributed by atoms with Gasteiger partial charge in [0.1, 0.15) is 11.3 Å². The summed E-state index contributed by atoms with van der Waals surface area (Å²) in [6, 6.07) is 4.32. The Labute approximate surface area is 79.6 Å². The van der Waals surface area contributed by atoms with Crippen LogP contribution >= 0.6 is 0 Å². The molecule has 0 aliphatic rings. The predicted octanol–water partition coefficient (Wildman–Crippen LogP) is 1.39. The monoisotopic (exact) mass is 191 g/mol. The summed E-state index contributed by atoms with van der Waals surface area (Å²) in [6.07, 6.45) is 0. The number of nitrogens with two attached hydrogens (primary N) is 1. The summed E-state index contributed by atoms with van der Waals surface area (Å²) in [6.45, 7) is 1.79. The van der Waals surface area contributed by atoms with E-state index in [9.17, 15) is 9.90 Å². The second-order valence-corrected chi connectivity index (χ2v) is 3.16. The first-order chi connectivity index (χ1) is 6.58. The van der Waals surface area contributed by atoms with Crippen LogP contribution in [0, 0.1) is 6.92 Å². The van der Waals surface area contributed by atoms with Gasteiger partial charge < -0.3 is 15.3 Å². The van der Waals surface area contributed by atoms with Crippen molar-refractivity contribution in [2.75, 3.05) is 5.73 Å². The zero-order valence-electron chi connectivity index (χ0n) is 7.57. The quantitative estimate of drug-likeness (QED) is 0.375. The lowest BCUT2D eigenvalue weighted by molar-refractivity contribution is 0.475. The van der Waals surface area contributed by atoms with Gasteiger partial charge in [-0.2, -0.15) is 0 Å². The van der Waals surface area contributed by atoms with Crippen LogP contribution in [0.1, 0.15) is 5.56 Å². The van der Waals surface area contributed by atoms with Crippen LogP contribution in [-0.4, -0.2) is 5.11 Å². The average Bonchev–Trinajstić information content (AvgIpc) is 2.08. The van der Waals surface area contributed by atoms with E-state index >= 15 is 0 Å². The molecular weight excluding hydrogens is 182 g/mol. The van der Waals surface area contributed by atoms with Gasteiger partial charge in [0.2, 0.25) is 0 Å². The van der Waals surface area contributed by atoms with Crippen molar-refractivity contribution in [1.82, 2.24) is 0 Å². The second-order valence-electron chi connectivity index (χ2n) is 3.16. The third-order valence-corrected chi connectivity index (χ3v) is 2.10. The maximum atomic E-state index is 11.0. The van der Waals surface area contributed by atoms with Crippen LogP contribution in [0.5, 0.6) is 5.75 Å². The third-order valence-electron chi connectivity index (χ3n) is 2.10. The zero-order valence-corrected chi connectivity index (χ0v) is 7.57. The average molecular weight is 191 g/mol. The molecule has 0 amide bonds. The van der Waals surface area contributed by atoms with Gasteiger partial charge in [-0.1, -0.05) is 0 Å². The van der Waals surface area contributed by atoms with Gasteiger partial charge in [0, 0.05) is 17.5 Å². The molecule has 1 aromatic carbocycles. The van der Waals surface area contributed by atoms with E-state index in [0.717, 1.165) is 10.9 Å². The smallest absolute Gasteiger partial charge is 0.336 e. The SMILES string of the molecule is Cc1cc(=O)oc2cc(O)c(N)cc12. The molecule has 72 valence electrons. The summed E-state index contributed by atoms with van der Waals surface area (Å²) in [5, 5.41) is 10.0. The fourth-order valence-corrected chi connectivity index (χ4v) is 1.37. The second kappa shape index (κ2) is 2.77. The number of phenols is 1. The lowest BCUT2D eigenvalue weighted by atomic mass is 10.1. The Morgan fingerprint density at radius 3 is 2.79 bits per heavy atom. The Bertz CT molecular complexity index is 557. The molecule has 3 N–H and O–H groups in total. The Kier molecular flexibility index (Phi) is 1.70. The number of hydrogen-bond donors (Lipinski definition) is 2. The standard InChI is InChI=1S/C10H9NO3/c1-5-2-10(13)14-9-4-8(12)7(11)3-6(5)9/h2-4,12H,11H2,1H3. The van der Waals surface area contributed by atoms with Crippen LogP contribution in [0.2, 0.25) is 0 Å². The zero-order chi connectivity index (χ0) is 10.3. The Morgan fingerprint density at radius 1 is 1.36 bits per heavy atom. The fourth-order valence-electron chi connectivity index (χ4n) is 1.37. The van der Waals surface area contributed by atoms with Gasteiger partial charge in [-0.25, -0.2) is 4.79 Å². The highest BCUT2D eigenvalue weighted by molar-refractivity contribution is 5.85. The molecule has 4 nitrogen and oxygen atoms in total. The van der Waals surface area contributed by atoms with Crippen molar-refractivity contribution in [3.05, 3.63) is 34.2 Å². The van der Waals surface area contributed by atoms with E-state index in [-0.39, 0.29) is 11.4 Å². The molecule has 14 heavy (non-hydrogen) atoms. The predicted molar refractivity (Wildman–Crippen MR) is 53.3 cm³/mol. The molecule has 0 bridgehead atoms. The number of fused-ring (bicyclic) bond motifs is 1. The van der Waals surface area contributed by atoms with Crippen LogP contribution in [0.15, 0.2) is 27.4 Å².